The zero-order valence-electron chi connectivity index (χ0n) is 31.6. The van der Waals surface area contributed by atoms with Gasteiger partial charge in [0.1, 0.15) is 25.4 Å². The van der Waals surface area contributed by atoms with E-state index in [1.165, 1.54) is 0 Å². The van der Waals surface area contributed by atoms with Crippen LogP contribution in [0, 0.1) is 0 Å². The fraction of sp³-hybridized carbons (Fsp3) is 0.656. The smallest absolute Gasteiger partial charge is 0.340 e. The van der Waals surface area contributed by atoms with E-state index in [1.807, 2.05) is 0 Å². The van der Waals surface area contributed by atoms with Crippen LogP contribution >= 0.6 is 0 Å². The first-order chi connectivity index (χ1) is 26.0. The Labute approximate surface area is 315 Å². The van der Waals surface area contributed by atoms with Crippen molar-refractivity contribution < 1.29 is 85.7 Å². The molecule has 310 valence electrons. The molecule has 0 bridgehead atoms. The minimum absolute atomic E-state index is 0.213. The zero-order chi connectivity index (χ0) is 42.3. The van der Waals surface area contributed by atoms with Crippen LogP contribution in [-0.2, 0) is 92.8 Å². The van der Waals surface area contributed by atoms with E-state index >= 15 is 0 Å². The highest BCUT2D eigenvalue weighted by atomic mass is 16.7. The van der Waals surface area contributed by atoms with E-state index < -0.39 is 139 Å². The lowest BCUT2D eigenvalue weighted by Crippen LogP contribution is -2.67. The molecular weight excluding hydrogens is 762 g/mol. The number of carbonyl (C=O) groups is 8. The lowest BCUT2D eigenvalue weighted by atomic mass is 9.96. The molecule has 2 aliphatic rings. The minimum atomic E-state index is -2.20. The summed E-state index contributed by atoms with van der Waals surface area (Å²) in [5.41, 5.74) is -4.56. The molecule has 0 amide bonds. The van der Waals surface area contributed by atoms with Crippen molar-refractivity contribution in [2.75, 3.05) is 13.2 Å². The molecule has 0 N–H and O–H groups in total. The highest BCUT2D eigenvalue weighted by Crippen LogP contribution is 2.36. The van der Waals surface area contributed by atoms with Crippen LogP contribution < -0.4 is 17.1 Å². The van der Waals surface area contributed by atoms with E-state index in [1.54, 1.807) is 0 Å². The minimum Gasteiger partial charge on any atom is -0.463 e. The van der Waals surface area contributed by atoms with Crippen molar-refractivity contribution in [3.63, 3.8) is 0 Å². The summed E-state index contributed by atoms with van der Waals surface area (Å²) < 4.78 is 55.0. The Kier molecular flexibility index (Phi) is 14.8. The van der Waals surface area contributed by atoms with Crippen LogP contribution in [0.25, 0.3) is 0 Å². The molecule has 1 aromatic rings. The van der Waals surface area contributed by atoms with Gasteiger partial charge in [-0.3, -0.25) is 38.4 Å². The van der Waals surface area contributed by atoms with Gasteiger partial charge in [0.15, 0.2) is 49.1 Å². The first kappa shape index (κ1) is 44.5. The number of carbonyl (C=O) groups excluding carboxylic acids is 8. The van der Waals surface area contributed by atoms with Crippen LogP contribution in [0.4, 0.5) is 0 Å². The molecule has 0 spiro atoms. The SMILES string of the molecule is CC(=O)OC[C@H]1O[C@@H](n2c(=O)n(C)c(=O)n([C@@H]3O[C@H](COC(C)=O)[C@@H](OC(C)=O)[C@H](OC(C)=O)[C@H]3OC(C)=O)c2=O)[C@H](OC(C)=O)[C@@H](OC(C)=O)[C@@H]1OC(C)=O. The third-order valence-electron chi connectivity index (χ3n) is 7.84. The normalized spacial score (nSPS) is 27.1. The molecule has 2 saturated heterocycles. The van der Waals surface area contributed by atoms with Gasteiger partial charge in [0.05, 0.1) is 0 Å². The van der Waals surface area contributed by atoms with Crippen molar-refractivity contribution in [3.8, 4) is 0 Å². The monoisotopic (exact) mass is 803 g/mol. The van der Waals surface area contributed by atoms with Crippen molar-refractivity contribution in [3.05, 3.63) is 31.5 Å². The average molecular weight is 804 g/mol. The number of hydrogen-bond donors (Lipinski definition) is 0. The first-order valence-electron chi connectivity index (χ1n) is 16.6. The Balaban J connectivity index is 2.44. The molecule has 0 aromatic carbocycles. The molecule has 0 unspecified atom stereocenters. The van der Waals surface area contributed by atoms with Gasteiger partial charge in [-0.05, 0) is 0 Å². The number of nitrogens with zero attached hydrogens (tertiary/aromatic N) is 3. The molecule has 24 nitrogen and oxygen atoms in total. The lowest BCUT2D eigenvalue weighted by Gasteiger charge is -2.45. The molecule has 0 radical (unpaired) electrons. The zero-order valence-corrected chi connectivity index (χ0v) is 31.6. The van der Waals surface area contributed by atoms with Gasteiger partial charge < -0.3 is 47.4 Å². The lowest BCUT2D eigenvalue weighted by molar-refractivity contribution is -0.274. The largest absolute Gasteiger partial charge is 0.463 e. The van der Waals surface area contributed by atoms with Gasteiger partial charge in [0, 0.05) is 62.4 Å². The van der Waals surface area contributed by atoms with Gasteiger partial charge in [0.2, 0.25) is 0 Å². The summed E-state index contributed by atoms with van der Waals surface area (Å²) in [4.78, 5) is 140. The molecule has 2 fully saturated rings. The molecule has 3 rings (SSSR count). The van der Waals surface area contributed by atoms with Crippen molar-refractivity contribution in [1.82, 2.24) is 13.7 Å². The summed E-state index contributed by atoms with van der Waals surface area (Å²) in [6.07, 6.45) is -18.9. The predicted octanol–water partition coefficient (Wildman–Crippen LogP) is -2.78. The topological polar surface area (TPSA) is 295 Å². The summed E-state index contributed by atoms with van der Waals surface area (Å²) in [5.74, 6) is -7.98. The summed E-state index contributed by atoms with van der Waals surface area (Å²) in [6.45, 7) is 6.07. The van der Waals surface area contributed by atoms with Crippen molar-refractivity contribution in [1.29, 1.82) is 0 Å². The van der Waals surface area contributed by atoms with Crippen LogP contribution in [0.3, 0.4) is 0 Å². The van der Waals surface area contributed by atoms with Crippen LogP contribution in [0.15, 0.2) is 14.4 Å². The average Bonchev–Trinajstić information content (AvgIpc) is 3.05. The molecule has 0 aliphatic carbocycles. The van der Waals surface area contributed by atoms with Gasteiger partial charge in [0.25, 0.3) is 0 Å². The molecular formula is C32H41N3O21. The van der Waals surface area contributed by atoms with E-state index in [-0.39, 0.29) is 9.13 Å². The van der Waals surface area contributed by atoms with Crippen molar-refractivity contribution in [2.24, 2.45) is 7.05 Å². The van der Waals surface area contributed by atoms with Crippen LogP contribution in [-0.4, -0.2) is 124 Å². The quantitative estimate of drug-likeness (QED) is 0.152. The molecule has 3 heterocycles. The van der Waals surface area contributed by atoms with Crippen molar-refractivity contribution in [2.45, 2.75) is 117 Å². The maximum Gasteiger partial charge on any atom is 0.340 e. The van der Waals surface area contributed by atoms with Gasteiger partial charge in [-0.1, -0.05) is 0 Å². The molecule has 56 heavy (non-hydrogen) atoms. The van der Waals surface area contributed by atoms with Crippen molar-refractivity contribution >= 4 is 47.8 Å². The van der Waals surface area contributed by atoms with E-state index in [0.717, 1.165) is 62.4 Å². The Morgan fingerprint density at radius 2 is 0.696 bits per heavy atom. The Morgan fingerprint density at radius 3 is 0.964 bits per heavy atom. The third-order valence-corrected chi connectivity index (χ3v) is 7.84. The number of aromatic nitrogens is 3. The fourth-order valence-corrected chi connectivity index (χ4v) is 5.95. The van der Waals surface area contributed by atoms with Crippen LogP contribution in [0.1, 0.15) is 67.8 Å². The highest BCUT2D eigenvalue weighted by molar-refractivity contribution is 5.70. The van der Waals surface area contributed by atoms with Crippen LogP contribution in [0.2, 0.25) is 0 Å². The Morgan fingerprint density at radius 1 is 0.429 bits per heavy atom. The van der Waals surface area contributed by atoms with Gasteiger partial charge in [-0.2, -0.15) is 0 Å². The maximum absolute atomic E-state index is 14.7. The number of ether oxygens (including phenoxy) is 10. The van der Waals surface area contributed by atoms with E-state index in [9.17, 15) is 52.7 Å². The molecule has 1 aromatic heterocycles. The second-order valence-electron chi connectivity index (χ2n) is 12.3. The van der Waals surface area contributed by atoms with Gasteiger partial charge >= 0.3 is 64.8 Å². The summed E-state index contributed by atoms with van der Waals surface area (Å²) in [6, 6.07) is 0. The molecule has 0 saturated carbocycles. The summed E-state index contributed by atoms with van der Waals surface area (Å²) in [5, 5.41) is 0. The van der Waals surface area contributed by atoms with Gasteiger partial charge in [-0.15, -0.1) is 0 Å². The maximum atomic E-state index is 14.7. The van der Waals surface area contributed by atoms with E-state index in [2.05, 4.69) is 0 Å². The Bertz CT molecular complexity index is 1780. The first-order valence-corrected chi connectivity index (χ1v) is 16.6. The Hall–Kier alpha value is -5.91. The molecule has 2 aliphatic heterocycles. The number of hydrogen-bond acceptors (Lipinski definition) is 21. The van der Waals surface area contributed by atoms with E-state index in [0.29, 0.717) is 4.57 Å². The fourth-order valence-electron chi connectivity index (χ4n) is 5.95. The molecule has 24 heteroatoms. The standard InChI is InChI=1S/C32H41N3O21/c1-12(36)47-10-20-22(49-14(3)38)24(51-16(5)40)26(53-18(7)42)28(55-20)34-30(44)33(9)31(45)35(32(34)46)29-27(54-19(8)43)25(52-17(6)41)23(50-15(4)39)21(56-29)11-48-13(2)37/h20-29H,10-11H2,1-9H3/t20-,21-,22-,23-,24+,25+,26-,27-,28-,29-/m1/s1. The van der Waals surface area contributed by atoms with E-state index in [4.69, 9.17) is 47.4 Å². The van der Waals surface area contributed by atoms with Gasteiger partial charge in [-0.25, -0.2) is 28.1 Å². The third kappa shape index (κ3) is 10.6. The summed E-state index contributed by atoms with van der Waals surface area (Å²) >= 11 is 0. The predicted molar refractivity (Wildman–Crippen MR) is 175 cm³/mol. The van der Waals surface area contributed by atoms with Crippen LogP contribution in [0.5, 0.6) is 0 Å². The number of rotatable bonds is 12. The summed E-state index contributed by atoms with van der Waals surface area (Å²) in [7, 11) is 0.882. The highest BCUT2D eigenvalue weighted by Gasteiger charge is 2.56. The number of esters is 8. The second-order valence-corrected chi connectivity index (χ2v) is 12.3. The molecule has 10 atom stereocenters. The second kappa shape index (κ2) is 18.6.